The van der Waals surface area contributed by atoms with Crippen LogP contribution in [-0.2, 0) is 6.42 Å². The van der Waals surface area contributed by atoms with Gasteiger partial charge in [-0.25, -0.2) is 4.39 Å². The van der Waals surface area contributed by atoms with Crippen LogP contribution in [0.3, 0.4) is 0 Å². The van der Waals surface area contributed by atoms with Crippen molar-refractivity contribution in [1.29, 1.82) is 0 Å². The molecule has 0 spiro atoms. The Labute approximate surface area is 133 Å². The molecular formula is C17H18FN5. The fraction of sp³-hybridized carbons (Fsp3) is 0.294. The van der Waals surface area contributed by atoms with Crippen LogP contribution in [0.15, 0.2) is 42.6 Å². The highest BCUT2D eigenvalue weighted by atomic mass is 19.1. The molecule has 1 aliphatic heterocycles. The van der Waals surface area contributed by atoms with Gasteiger partial charge in [-0.05, 0) is 23.8 Å². The first-order valence-electron chi connectivity index (χ1n) is 7.83. The highest BCUT2D eigenvalue weighted by Crippen LogP contribution is 2.18. The van der Waals surface area contributed by atoms with Crippen molar-refractivity contribution < 1.29 is 4.39 Å². The van der Waals surface area contributed by atoms with Crippen LogP contribution in [0.1, 0.15) is 11.4 Å². The Bertz CT molecular complexity index is 823. The molecule has 1 saturated heterocycles. The lowest BCUT2D eigenvalue weighted by Crippen LogP contribution is -2.43. The monoisotopic (exact) mass is 311 g/mol. The predicted molar refractivity (Wildman–Crippen MR) is 87.3 cm³/mol. The van der Waals surface area contributed by atoms with E-state index in [1.54, 1.807) is 6.07 Å². The molecule has 0 aliphatic carbocycles. The Hall–Kier alpha value is -2.47. The number of piperazine rings is 1. The molecule has 23 heavy (non-hydrogen) atoms. The average Bonchev–Trinajstić information content (AvgIpc) is 2.98. The number of fused-ring (bicyclic) bond motifs is 1. The van der Waals surface area contributed by atoms with Crippen LogP contribution in [-0.4, -0.2) is 40.8 Å². The van der Waals surface area contributed by atoms with Gasteiger partial charge in [-0.3, -0.25) is 4.40 Å². The van der Waals surface area contributed by atoms with Gasteiger partial charge in [-0.2, -0.15) is 0 Å². The molecule has 2 aromatic heterocycles. The Balaban J connectivity index is 1.62. The maximum atomic E-state index is 13.3. The summed E-state index contributed by atoms with van der Waals surface area (Å²) in [5.41, 5.74) is 2.89. The van der Waals surface area contributed by atoms with E-state index in [1.807, 2.05) is 16.7 Å². The fourth-order valence-electron chi connectivity index (χ4n) is 3.00. The number of pyridine rings is 1. The summed E-state index contributed by atoms with van der Waals surface area (Å²) in [5, 5.41) is 11.9. The summed E-state index contributed by atoms with van der Waals surface area (Å²) in [5.74, 6) is 0.592. The zero-order valence-corrected chi connectivity index (χ0v) is 12.7. The second-order valence-electron chi connectivity index (χ2n) is 5.77. The first kappa shape index (κ1) is 14.1. The number of aromatic nitrogens is 3. The van der Waals surface area contributed by atoms with E-state index in [4.69, 9.17) is 0 Å². The number of benzene rings is 1. The quantitative estimate of drug-likeness (QED) is 0.802. The highest BCUT2D eigenvalue weighted by molar-refractivity contribution is 5.56. The van der Waals surface area contributed by atoms with Gasteiger partial charge in [0.15, 0.2) is 5.65 Å². The van der Waals surface area contributed by atoms with Crippen molar-refractivity contribution in [2.75, 3.05) is 31.1 Å². The van der Waals surface area contributed by atoms with E-state index in [0.29, 0.717) is 6.42 Å². The topological polar surface area (TPSA) is 45.5 Å². The number of nitrogens with zero attached hydrogens (tertiary/aromatic N) is 4. The molecule has 0 bridgehead atoms. The molecule has 4 rings (SSSR count). The number of hydrogen-bond donors (Lipinski definition) is 1. The second kappa shape index (κ2) is 5.96. The van der Waals surface area contributed by atoms with Gasteiger partial charge in [0.2, 0.25) is 0 Å². The van der Waals surface area contributed by atoms with E-state index in [2.05, 4.69) is 32.5 Å². The SMILES string of the molecule is Fc1cccc(Cc2nnc3cc(N4CCNCC4)ccn23)c1. The third-order valence-electron chi connectivity index (χ3n) is 4.20. The maximum Gasteiger partial charge on any atom is 0.162 e. The first-order valence-corrected chi connectivity index (χ1v) is 7.83. The van der Waals surface area contributed by atoms with Crippen LogP contribution in [0.2, 0.25) is 0 Å². The summed E-state index contributed by atoms with van der Waals surface area (Å²) in [4.78, 5) is 2.34. The van der Waals surface area contributed by atoms with E-state index in [0.717, 1.165) is 43.2 Å². The molecule has 1 aromatic carbocycles. The van der Waals surface area contributed by atoms with E-state index in [9.17, 15) is 4.39 Å². The van der Waals surface area contributed by atoms with Gasteiger partial charge in [0.05, 0.1) is 0 Å². The molecule has 1 fully saturated rings. The van der Waals surface area contributed by atoms with Crippen molar-refractivity contribution in [3.8, 4) is 0 Å². The molecule has 1 N–H and O–H groups in total. The van der Waals surface area contributed by atoms with Crippen molar-refractivity contribution >= 4 is 11.3 Å². The zero-order valence-electron chi connectivity index (χ0n) is 12.7. The lowest BCUT2D eigenvalue weighted by atomic mass is 10.1. The maximum absolute atomic E-state index is 13.3. The lowest BCUT2D eigenvalue weighted by Gasteiger charge is -2.29. The molecule has 1 aliphatic rings. The van der Waals surface area contributed by atoms with Crippen molar-refractivity contribution in [2.24, 2.45) is 0 Å². The smallest absolute Gasteiger partial charge is 0.162 e. The van der Waals surface area contributed by atoms with E-state index >= 15 is 0 Å². The standard InChI is InChI=1S/C17H18FN5/c18-14-3-1-2-13(10-14)11-16-20-21-17-12-15(4-7-23(16)17)22-8-5-19-6-9-22/h1-4,7,10,12,19H,5-6,8-9,11H2. The van der Waals surface area contributed by atoms with Gasteiger partial charge in [-0.1, -0.05) is 12.1 Å². The highest BCUT2D eigenvalue weighted by Gasteiger charge is 2.13. The van der Waals surface area contributed by atoms with E-state index < -0.39 is 0 Å². The molecule has 0 unspecified atom stereocenters. The summed E-state index contributed by atoms with van der Waals surface area (Å²) in [7, 11) is 0. The van der Waals surface area contributed by atoms with Gasteiger partial charge in [0.1, 0.15) is 11.6 Å². The van der Waals surface area contributed by atoms with Crippen LogP contribution in [0.5, 0.6) is 0 Å². The molecule has 5 nitrogen and oxygen atoms in total. The summed E-state index contributed by atoms with van der Waals surface area (Å²) < 4.78 is 15.3. The molecule has 6 heteroatoms. The molecule has 0 amide bonds. The Morgan fingerprint density at radius 3 is 2.78 bits per heavy atom. The van der Waals surface area contributed by atoms with Gasteiger partial charge in [0, 0.05) is 50.6 Å². The third kappa shape index (κ3) is 2.90. The van der Waals surface area contributed by atoms with Gasteiger partial charge in [0.25, 0.3) is 0 Å². The minimum Gasteiger partial charge on any atom is -0.369 e. The number of rotatable bonds is 3. The minimum atomic E-state index is -0.225. The normalized spacial score (nSPS) is 15.3. The first-order chi connectivity index (χ1) is 11.3. The minimum absolute atomic E-state index is 0.225. The van der Waals surface area contributed by atoms with Crippen LogP contribution < -0.4 is 10.2 Å². The van der Waals surface area contributed by atoms with E-state index in [1.165, 1.54) is 17.8 Å². The number of nitrogens with one attached hydrogen (secondary N) is 1. The molecule has 3 heterocycles. The Kier molecular flexibility index (Phi) is 3.67. The van der Waals surface area contributed by atoms with Gasteiger partial charge < -0.3 is 10.2 Å². The van der Waals surface area contributed by atoms with Crippen LogP contribution in [0.25, 0.3) is 5.65 Å². The molecule has 0 saturated carbocycles. The van der Waals surface area contributed by atoms with Crippen molar-refractivity contribution in [1.82, 2.24) is 19.9 Å². The van der Waals surface area contributed by atoms with Crippen LogP contribution >= 0.6 is 0 Å². The van der Waals surface area contributed by atoms with Gasteiger partial charge in [-0.15, -0.1) is 10.2 Å². The molecular weight excluding hydrogens is 293 g/mol. The summed E-state index contributed by atoms with van der Waals surface area (Å²) in [6, 6.07) is 10.8. The largest absolute Gasteiger partial charge is 0.369 e. The Morgan fingerprint density at radius 1 is 1.09 bits per heavy atom. The number of anilines is 1. The van der Waals surface area contributed by atoms with Crippen molar-refractivity contribution in [2.45, 2.75) is 6.42 Å². The number of hydrogen-bond acceptors (Lipinski definition) is 4. The molecule has 3 aromatic rings. The summed E-state index contributed by atoms with van der Waals surface area (Å²) >= 11 is 0. The summed E-state index contributed by atoms with van der Waals surface area (Å²) in [6.45, 7) is 4.01. The van der Waals surface area contributed by atoms with E-state index in [-0.39, 0.29) is 5.82 Å². The third-order valence-corrected chi connectivity index (χ3v) is 4.20. The van der Waals surface area contributed by atoms with Crippen LogP contribution in [0, 0.1) is 5.82 Å². The molecule has 118 valence electrons. The van der Waals surface area contributed by atoms with Crippen molar-refractivity contribution in [3.63, 3.8) is 0 Å². The van der Waals surface area contributed by atoms with Crippen molar-refractivity contribution in [3.05, 3.63) is 59.8 Å². The molecule has 0 radical (unpaired) electrons. The van der Waals surface area contributed by atoms with Crippen LogP contribution in [0.4, 0.5) is 10.1 Å². The molecule has 0 atom stereocenters. The fourth-order valence-corrected chi connectivity index (χ4v) is 3.00. The summed E-state index contributed by atoms with van der Waals surface area (Å²) in [6.07, 6.45) is 2.56. The predicted octanol–water partition coefficient (Wildman–Crippen LogP) is 1.87. The Morgan fingerprint density at radius 2 is 1.96 bits per heavy atom. The lowest BCUT2D eigenvalue weighted by molar-refractivity contribution is 0.589. The number of halogens is 1. The second-order valence-corrected chi connectivity index (χ2v) is 5.77. The van der Waals surface area contributed by atoms with Gasteiger partial charge >= 0.3 is 0 Å². The zero-order chi connectivity index (χ0) is 15.6. The average molecular weight is 311 g/mol.